The van der Waals surface area contributed by atoms with Gasteiger partial charge in [-0.15, -0.1) is 0 Å². The maximum Gasteiger partial charge on any atom is 0.250 e. The number of ether oxygens (including phenoxy) is 1. The summed E-state index contributed by atoms with van der Waals surface area (Å²) in [6.07, 6.45) is 0. The Kier molecular flexibility index (Phi) is 4.10. The van der Waals surface area contributed by atoms with Gasteiger partial charge in [0.1, 0.15) is 6.61 Å². The topological polar surface area (TPSA) is 78.3 Å². The molecule has 0 aliphatic carbocycles. The van der Waals surface area contributed by atoms with Crippen LogP contribution < -0.4 is 16.2 Å². The average molecular weight is 295 g/mol. The third-order valence-corrected chi connectivity index (χ3v) is 3.08. The molecule has 20 heavy (non-hydrogen) atoms. The van der Waals surface area contributed by atoms with Gasteiger partial charge in [0.25, 0.3) is 5.91 Å². The number of halogens is 2. The highest BCUT2D eigenvalue weighted by Crippen LogP contribution is 2.25. The van der Waals surface area contributed by atoms with E-state index in [2.05, 4.69) is 0 Å². The fourth-order valence-corrected chi connectivity index (χ4v) is 1.85. The van der Waals surface area contributed by atoms with Crippen molar-refractivity contribution >= 4 is 23.2 Å². The summed E-state index contributed by atoms with van der Waals surface area (Å²) in [5, 5.41) is 0.512. The standard InChI is InChI=1S/C14H12ClFN2O2/c15-10-4-2-1-3-8(10)7-20-13-5-9(14(18)19)12(17)6-11(13)16/h1-6H,7,17H2,(H2,18,19). The Labute approximate surface area is 120 Å². The summed E-state index contributed by atoms with van der Waals surface area (Å²) in [5.74, 6) is -1.52. The Morgan fingerprint density at radius 1 is 1.30 bits per heavy atom. The van der Waals surface area contributed by atoms with Crippen molar-refractivity contribution in [2.45, 2.75) is 6.61 Å². The third-order valence-electron chi connectivity index (χ3n) is 2.71. The normalized spacial score (nSPS) is 10.3. The highest BCUT2D eigenvalue weighted by molar-refractivity contribution is 6.31. The molecule has 2 aromatic carbocycles. The van der Waals surface area contributed by atoms with Crippen molar-refractivity contribution < 1.29 is 13.9 Å². The molecule has 0 aliphatic rings. The van der Waals surface area contributed by atoms with E-state index in [1.54, 1.807) is 24.3 Å². The summed E-state index contributed by atoms with van der Waals surface area (Å²) < 4.78 is 19.0. The molecule has 0 aromatic heterocycles. The van der Waals surface area contributed by atoms with E-state index in [0.717, 1.165) is 6.07 Å². The number of carbonyl (C=O) groups is 1. The molecule has 0 spiro atoms. The van der Waals surface area contributed by atoms with Crippen LogP contribution in [0.3, 0.4) is 0 Å². The van der Waals surface area contributed by atoms with Crippen LogP contribution in [-0.4, -0.2) is 5.91 Å². The summed E-state index contributed by atoms with van der Waals surface area (Å²) in [5.41, 5.74) is 11.3. The number of nitrogens with two attached hydrogens (primary N) is 2. The minimum absolute atomic E-state index is 0.0144. The van der Waals surface area contributed by atoms with Gasteiger partial charge in [-0.25, -0.2) is 4.39 Å². The molecule has 0 heterocycles. The molecule has 0 bridgehead atoms. The first-order chi connectivity index (χ1) is 9.49. The van der Waals surface area contributed by atoms with Crippen LogP contribution in [0.1, 0.15) is 15.9 Å². The van der Waals surface area contributed by atoms with Gasteiger partial charge >= 0.3 is 0 Å². The van der Waals surface area contributed by atoms with Crippen molar-refractivity contribution in [3.8, 4) is 5.75 Å². The minimum atomic E-state index is -0.745. The predicted octanol–water partition coefficient (Wildman–Crippen LogP) is 2.74. The van der Waals surface area contributed by atoms with E-state index < -0.39 is 11.7 Å². The molecule has 0 radical (unpaired) electrons. The summed E-state index contributed by atoms with van der Waals surface area (Å²) in [6, 6.07) is 9.21. The van der Waals surface area contributed by atoms with Crippen molar-refractivity contribution in [2.24, 2.45) is 5.73 Å². The number of benzene rings is 2. The van der Waals surface area contributed by atoms with E-state index in [-0.39, 0.29) is 23.6 Å². The van der Waals surface area contributed by atoms with E-state index in [0.29, 0.717) is 10.6 Å². The summed E-state index contributed by atoms with van der Waals surface area (Å²) >= 11 is 5.97. The number of anilines is 1. The van der Waals surface area contributed by atoms with Gasteiger partial charge in [0.05, 0.1) is 5.56 Å². The second kappa shape index (κ2) is 5.79. The van der Waals surface area contributed by atoms with Gasteiger partial charge in [-0.2, -0.15) is 0 Å². The molecule has 0 unspecified atom stereocenters. The summed E-state index contributed by atoms with van der Waals surface area (Å²) in [4.78, 5) is 11.2. The average Bonchev–Trinajstić information content (AvgIpc) is 2.39. The first-order valence-corrected chi connectivity index (χ1v) is 6.12. The molecule has 0 aliphatic heterocycles. The van der Waals surface area contributed by atoms with Crippen LogP contribution in [0.15, 0.2) is 36.4 Å². The van der Waals surface area contributed by atoms with E-state index in [9.17, 15) is 9.18 Å². The second-order valence-electron chi connectivity index (χ2n) is 4.11. The van der Waals surface area contributed by atoms with Crippen LogP contribution in [0, 0.1) is 5.82 Å². The molecule has 4 N–H and O–H groups in total. The molecule has 1 amide bonds. The maximum absolute atomic E-state index is 13.7. The van der Waals surface area contributed by atoms with Crippen LogP contribution in [0.5, 0.6) is 5.75 Å². The largest absolute Gasteiger partial charge is 0.486 e. The molecule has 0 fully saturated rings. The molecule has 104 valence electrons. The zero-order valence-electron chi connectivity index (χ0n) is 10.4. The molecule has 2 aromatic rings. The Morgan fingerprint density at radius 2 is 2.00 bits per heavy atom. The molecular weight excluding hydrogens is 283 g/mol. The van der Waals surface area contributed by atoms with Crippen molar-refractivity contribution in [1.29, 1.82) is 0 Å². The molecule has 0 saturated heterocycles. The number of hydrogen-bond acceptors (Lipinski definition) is 3. The van der Waals surface area contributed by atoms with Gasteiger partial charge < -0.3 is 16.2 Å². The van der Waals surface area contributed by atoms with Crippen LogP contribution in [0.2, 0.25) is 5.02 Å². The Balaban J connectivity index is 2.24. The lowest BCUT2D eigenvalue weighted by atomic mass is 10.1. The summed E-state index contributed by atoms with van der Waals surface area (Å²) in [7, 11) is 0. The van der Waals surface area contributed by atoms with Crippen LogP contribution in [0.25, 0.3) is 0 Å². The third kappa shape index (κ3) is 3.00. The number of primary amides is 1. The highest BCUT2D eigenvalue weighted by Gasteiger charge is 2.13. The molecule has 4 nitrogen and oxygen atoms in total. The van der Waals surface area contributed by atoms with Crippen LogP contribution in [-0.2, 0) is 6.61 Å². The fourth-order valence-electron chi connectivity index (χ4n) is 1.66. The lowest BCUT2D eigenvalue weighted by Crippen LogP contribution is -2.14. The maximum atomic E-state index is 13.7. The summed E-state index contributed by atoms with van der Waals surface area (Å²) in [6.45, 7) is 0.0682. The second-order valence-corrected chi connectivity index (χ2v) is 4.52. The minimum Gasteiger partial charge on any atom is -0.486 e. The number of nitrogen functional groups attached to an aromatic ring is 1. The smallest absolute Gasteiger partial charge is 0.250 e. The van der Waals surface area contributed by atoms with E-state index >= 15 is 0 Å². The van der Waals surface area contributed by atoms with E-state index in [4.69, 9.17) is 27.8 Å². The zero-order valence-corrected chi connectivity index (χ0v) is 11.2. The zero-order chi connectivity index (χ0) is 14.7. The number of carbonyl (C=O) groups excluding carboxylic acids is 1. The van der Waals surface area contributed by atoms with Crippen LogP contribution in [0.4, 0.5) is 10.1 Å². The Hall–Kier alpha value is -2.27. The van der Waals surface area contributed by atoms with Gasteiger partial charge in [0, 0.05) is 22.3 Å². The molecular formula is C14H12ClFN2O2. The van der Waals surface area contributed by atoms with Gasteiger partial charge in [-0.3, -0.25) is 4.79 Å². The van der Waals surface area contributed by atoms with Crippen molar-refractivity contribution in [2.75, 3.05) is 5.73 Å². The van der Waals surface area contributed by atoms with Crippen molar-refractivity contribution in [1.82, 2.24) is 0 Å². The van der Waals surface area contributed by atoms with Crippen molar-refractivity contribution in [3.63, 3.8) is 0 Å². The van der Waals surface area contributed by atoms with Crippen LogP contribution >= 0.6 is 11.6 Å². The van der Waals surface area contributed by atoms with Crippen molar-refractivity contribution in [3.05, 3.63) is 58.4 Å². The molecule has 2 rings (SSSR count). The first kappa shape index (κ1) is 14.1. The fraction of sp³-hybridized carbons (Fsp3) is 0.0714. The molecule has 0 atom stereocenters. The number of amides is 1. The lowest BCUT2D eigenvalue weighted by Gasteiger charge is -2.11. The van der Waals surface area contributed by atoms with E-state index in [1.165, 1.54) is 6.07 Å². The van der Waals surface area contributed by atoms with Gasteiger partial charge in [-0.05, 0) is 12.1 Å². The number of rotatable bonds is 4. The first-order valence-electron chi connectivity index (χ1n) is 5.74. The predicted molar refractivity (Wildman–Crippen MR) is 75.1 cm³/mol. The van der Waals surface area contributed by atoms with E-state index in [1.807, 2.05) is 0 Å². The Morgan fingerprint density at radius 3 is 2.65 bits per heavy atom. The SMILES string of the molecule is NC(=O)c1cc(OCc2ccccc2Cl)c(F)cc1N. The van der Waals surface area contributed by atoms with Gasteiger partial charge in [0.2, 0.25) is 0 Å². The quantitative estimate of drug-likeness (QED) is 0.851. The molecule has 6 heteroatoms. The lowest BCUT2D eigenvalue weighted by molar-refractivity contribution is 0.100. The van der Waals surface area contributed by atoms with Gasteiger partial charge in [0.15, 0.2) is 11.6 Å². The molecule has 0 saturated carbocycles. The number of hydrogen-bond donors (Lipinski definition) is 2. The Bertz CT molecular complexity index is 662. The highest BCUT2D eigenvalue weighted by atomic mass is 35.5. The monoisotopic (exact) mass is 294 g/mol. The van der Waals surface area contributed by atoms with Gasteiger partial charge in [-0.1, -0.05) is 29.8 Å².